The molecule has 0 fully saturated rings. The van der Waals surface area contributed by atoms with Crippen molar-refractivity contribution in [3.63, 3.8) is 0 Å². The second-order valence-corrected chi connectivity index (χ2v) is 6.07. The normalized spacial score (nSPS) is 11.6. The summed E-state index contributed by atoms with van der Waals surface area (Å²) in [4.78, 5) is 8.43. The summed E-state index contributed by atoms with van der Waals surface area (Å²) < 4.78 is 0. The highest BCUT2D eigenvalue weighted by molar-refractivity contribution is 7.98. The quantitative estimate of drug-likeness (QED) is 0.459. The summed E-state index contributed by atoms with van der Waals surface area (Å²) in [5.41, 5.74) is 0.111. The number of hydrogen-bond donors (Lipinski definition) is 2. The van der Waals surface area contributed by atoms with Gasteiger partial charge in [-0.3, -0.25) is 0 Å². The molecular weight excluding hydrogens is 270 g/mol. The minimum Gasteiger partial charge on any atom is -0.396 e. The van der Waals surface area contributed by atoms with E-state index >= 15 is 0 Å². The van der Waals surface area contributed by atoms with Crippen molar-refractivity contribution in [2.75, 3.05) is 24.7 Å². The number of nitrogens with one attached hydrogen (secondary N) is 1. The first kappa shape index (κ1) is 15.5. The highest BCUT2D eigenvalue weighted by Gasteiger charge is 2.17. The van der Waals surface area contributed by atoms with E-state index in [0.717, 1.165) is 25.2 Å². The Hall–Kier alpha value is -0.520. The third kappa shape index (κ3) is 5.42. The van der Waals surface area contributed by atoms with Crippen LogP contribution >= 0.6 is 23.4 Å². The maximum Gasteiger partial charge on any atom is 0.190 e. The number of halogens is 1. The summed E-state index contributed by atoms with van der Waals surface area (Å²) in [5.74, 6) is 0.747. The molecule has 4 nitrogen and oxygen atoms in total. The van der Waals surface area contributed by atoms with Gasteiger partial charge < -0.3 is 10.4 Å². The number of aliphatic hydroxyl groups excluding tert-OH is 1. The van der Waals surface area contributed by atoms with Gasteiger partial charge in [-0.15, -0.1) is 0 Å². The van der Waals surface area contributed by atoms with Gasteiger partial charge in [0.25, 0.3) is 0 Å². The van der Waals surface area contributed by atoms with Crippen LogP contribution in [0.2, 0.25) is 5.15 Å². The third-order valence-corrected chi connectivity index (χ3v) is 3.36. The predicted octanol–water partition coefficient (Wildman–Crippen LogP) is 3.06. The third-order valence-electron chi connectivity index (χ3n) is 2.62. The van der Waals surface area contributed by atoms with E-state index in [1.807, 2.05) is 6.26 Å². The zero-order chi connectivity index (χ0) is 13.6. The maximum absolute atomic E-state index is 8.86. The average Bonchev–Trinajstić information content (AvgIpc) is 2.33. The molecule has 0 radical (unpaired) electrons. The second kappa shape index (κ2) is 7.16. The number of thioether (sulfide) groups is 1. The van der Waals surface area contributed by atoms with Crippen LogP contribution in [-0.2, 0) is 0 Å². The summed E-state index contributed by atoms with van der Waals surface area (Å²) in [6.07, 6.45) is 3.70. The first-order valence-electron chi connectivity index (χ1n) is 5.90. The van der Waals surface area contributed by atoms with E-state index in [9.17, 15) is 0 Å². The SMILES string of the molecule is CSc1nc(Cl)cc(NCC(C)(C)CCCO)n1. The zero-order valence-corrected chi connectivity index (χ0v) is 12.6. The van der Waals surface area contributed by atoms with Gasteiger partial charge in [0.1, 0.15) is 11.0 Å². The number of hydrogen-bond acceptors (Lipinski definition) is 5. The molecular formula is C12H20ClN3OS. The van der Waals surface area contributed by atoms with Crippen molar-refractivity contribution >= 4 is 29.2 Å². The smallest absolute Gasteiger partial charge is 0.190 e. The van der Waals surface area contributed by atoms with Crippen molar-refractivity contribution in [2.45, 2.75) is 31.8 Å². The minimum absolute atomic E-state index is 0.111. The summed E-state index contributed by atoms with van der Waals surface area (Å²) in [6, 6.07) is 1.73. The highest BCUT2D eigenvalue weighted by atomic mass is 35.5. The van der Waals surface area contributed by atoms with Gasteiger partial charge >= 0.3 is 0 Å². The zero-order valence-electron chi connectivity index (χ0n) is 11.0. The van der Waals surface area contributed by atoms with Crippen LogP contribution in [0.5, 0.6) is 0 Å². The first-order valence-corrected chi connectivity index (χ1v) is 7.50. The molecule has 1 heterocycles. The molecule has 1 aromatic heterocycles. The van der Waals surface area contributed by atoms with E-state index in [-0.39, 0.29) is 12.0 Å². The first-order chi connectivity index (χ1) is 8.46. The minimum atomic E-state index is 0.111. The van der Waals surface area contributed by atoms with Gasteiger partial charge in [-0.05, 0) is 24.5 Å². The second-order valence-electron chi connectivity index (χ2n) is 4.91. The molecule has 0 spiro atoms. The molecule has 6 heteroatoms. The van der Waals surface area contributed by atoms with E-state index in [0.29, 0.717) is 10.3 Å². The summed E-state index contributed by atoms with van der Waals surface area (Å²) in [7, 11) is 0. The lowest BCUT2D eigenvalue weighted by atomic mass is 9.88. The molecule has 0 bridgehead atoms. The molecule has 0 aliphatic rings. The Balaban J connectivity index is 2.59. The van der Waals surface area contributed by atoms with Gasteiger partial charge in [-0.25, -0.2) is 9.97 Å². The Morgan fingerprint density at radius 1 is 1.44 bits per heavy atom. The Morgan fingerprint density at radius 3 is 2.78 bits per heavy atom. The predicted molar refractivity (Wildman–Crippen MR) is 77.4 cm³/mol. The van der Waals surface area contributed by atoms with Crippen molar-refractivity contribution in [2.24, 2.45) is 5.41 Å². The van der Waals surface area contributed by atoms with E-state index < -0.39 is 0 Å². The molecule has 0 amide bonds. The standard InChI is InChI=1S/C12H20ClN3OS/c1-12(2,5-4-6-17)8-14-10-7-9(13)15-11(16-10)18-3/h7,17H,4-6,8H2,1-3H3,(H,14,15,16). The molecule has 1 aromatic rings. The number of nitrogens with zero attached hydrogens (tertiary/aromatic N) is 2. The number of anilines is 1. The van der Waals surface area contributed by atoms with Crippen molar-refractivity contribution in [1.82, 2.24) is 9.97 Å². The van der Waals surface area contributed by atoms with E-state index in [1.54, 1.807) is 6.07 Å². The van der Waals surface area contributed by atoms with Crippen LogP contribution in [0.4, 0.5) is 5.82 Å². The lowest BCUT2D eigenvalue weighted by Crippen LogP contribution is -2.24. The molecule has 18 heavy (non-hydrogen) atoms. The maximum atomic E-state index is 8.86. The summed E-state index contributed by atoms with van der Waals surface area (Å²) >= 11 is 7.39. The molecule has 0 aromatic carbocycles. The van der Waals surface area contributed by atoms with Crippen molar-refractivity contribution in [3.05, 3.63) is 11.2 Å². The molecule has 0 aliphatic heterocycles. The molecule has 0 saturated carbocycles. The lowest BCUT2D eigenvalue weighted by Gasteiger charge is -2.25. The number of rotatable bonds is 7. The van der Waals surface area contributed by atoms with Gasteiger partial charge in [-0.1, -0.05) is 37.2 Å². The van der Waals surface area contributed by atoms with Crippen LogP contribution in [0, 0.1) is 5.41 Å². The van der Waals surface area contributed by atoms with Crippen molar-refractivity contribution in [1.29, 1.82) is 0 Å². The Labute approximate surface area is 118 Å². The van der Waals surface area contributed by atoms with Gasteiger partial charge in [-0.2, -0.15) is 0 Å². The number of aromatic nitrogens is 2. The molecule has 2 N–H and O–H groups in total. The van der Waals surface area contributed by atoms with Crippen LogP contribution in [0.15, 0.2) is 11.2 Å². The fourth-order valence-corrected chi connectivity index (χ4v) is 2.17. The van der Waals surface area contributed by atoms with E-state index in [4.69, 9.17) is 16.7 Å². The van der Waals surface area contributed by atoms with Gasteiger partial charge in [0, 0.05) is 19.2 Å². The molecule has 0 aliphatic carbocycles. The van der Waals surface area contributed by atoms with E-state index in [2.05, 4.69) is 29.1 Å². The van der Waals surface area contributed by atoms with Crippen LogP contribution in [-0.4, -0.2) is 34.5 Å². The van der Waals surface area contributed by atoms with Crippen LogP contribution in [0.3, 0.4) is 0 Å². The molecule has 0 atom stereocenters. The highest BCUT2D eigenvalue weighted by Crippen LogP contribution is 2.23. The van der Waals surface area contributed by atoms with Crippen LogP contribution < -0.4 is 5.32 Å². The average molecular weight is 290 g/mol. The van der Waals surface area contributed by atoms with Crippen molar-refractivity contribution in [3.8, 4) is 0 Å². The lowest BCUT2D eigenvalue weighted by molar-refractivity contribution is 0.248. The summed E-state index contributed by atoms with van der Waals surface area (Å²) in [6.45, 7) is 5.34. The number of aliphatic hydroxyl groups is 1. The van der Waals surface area contributed by atoms with Gasteiger partial charge in [0.05, 0.1) is 0 Å². The fraction of sp³-hybridized carbons (Fsp3) is 0.667. The molecule has 1 rings (SSSR count). The van der Waals surface area contributed by atoms with Gasteiger partial charge in [0.2, 0.25) is 0 Å². The van der Waals surface area contributed by atoms with Crippen LogP contribution in [0.25, 0.3) is 0 Å². The Kier molecular flexibility index (Phi) is 6.18. The fourth-order valence-electron chi connectivity index (χ4n) is 1.55. The molecule has 102 valence electrons. The van der Waals surface area contributed by atoms with Crippen molar-refractivity contribution < 1.29 is 5.11 Å². The van der Waals surface area contributed by atoms with Gasteiger partial charge in [0.15, 0.2) is 5.16 Å². The monoisotopic (exact) mass is 289 g/mol. The van der Waals surface area contributed by atoms with E-state index in [1.165, 1.54) is 11.8 Å². The summed E-state index contributed by atoms with van der Waals surface area (Å²) in [5, 5.41) is 13.3. The van der Waals surface area contributed by atoms with Crippen LogP contribution in [0.1, 0.15) is 26.7 Å². The Bertz CT molecular complexity index is 388. The molecule has 0 unspecified atom stereocenters. The largest absolute Gasteiger partial charge is 0.396 e. The Morgan fingerprint density at radius 2 is 2.17 bits per heavy atom. The topological polar surface area (TPSA) is 58.0 Å². The molecule has 0 saturated heterocycles.